The number of morpholine rings is 1. The highest BCUT2D eigenvalue weighted by molar-refractivity contribution is 5.99. The van der Waals surface area contributed by atoms with Gasteiger partial charge in [0, 0.05) is 37.2 Å². The van der Waals surface area contributed by atoms with Gasteiger partial charge in [-0.2, -0.15) is 0 Å². The van der Waals surface area contributed by atoms with E-state index in [0.717, 1.165) is 47.4 Å². The molecule has 2 aliphatic rings. The lowest BCUT2D eigenvalue weighted by Crippen LogP contribution is -2.36. The Hall–Kier alpha value is -3.84. The minimum Gasteiger partial charge on any atom is -0.378 e. The van der Waals surface area contributed by atoms with Crippen LogP contribution in [0, 0.1) is 18.6 Å². The first-order chi connectivity index (χ1) is 18.3. The monoisotopic (exact) mass is 512 g/mol. The molecule has 2 aromatic heterocycles. The second kappa shape index (κ2) is 9.48. The highest BCUT2D eigenvalue weighted by Crippen LogP contribution is 2.48. The van der Waals surface area contributed by atoms with E-state index in [1.165, 1.54) is 6.07 Å². The van der Waals surface area contributed by atoms with Crippen LogP contribution in [-0.4, -0.2) is 42.8 Å². The SMILES string of the molecule is Cc1c(/C=C/c2ccccc2)nc2cc(F)cc(F)c2c1N1CC(C)(C)c2ncc(N3CCOCC3)cc21. The van der Waals surface area contributed by atoms with Crippen LogP contribution in [-0.2, 0) is 10.2 Å². The zero-order valence-corrected chi connectivity index (χ0v) is 21.8. The van der Waals surface area contributed by atoms with E-state index < -0.39 is 11.6 Å². The maximum Gasteiger partial charge on any atom is 0.137 e. The first-order valence-corrected chi connectivity index (χ1v) is 12.9. The lowest BCUT2D eigenvalue weighted by molar-refractivity contribution is 0.122. The van der Waals surface area contributed by atoms with E-state index in [1.807, 2.05) is 55.6 Å². The number of hydrogen-bond donors (Lipinski definition) is 0. The third kappa shape index (κ3) is 4.31. The quantitative estimate of drug-likeness (QED) is 0.306. The summed E-state index contributed by atoms with van der Waals surface area (Å²) in [6.45, 7) is 9.81. The predicted octanol–water partition coefficient (Wildman–Crippen LogP) is 6.65. The highest BCUT2D eigenvalue weighted by atomic mass is 19.1. The molecule has 1 fully saturated rings. The number of fused-ring (bicyclic) bond motifs is 2. The van der Waals surface area contributed by atoms with Crippen molar-refractivity contribution >= 4 is 40.1 Å². The lowest BCUT2D eigenvalue weighted by atomic mass is 9.91. The van der Waals surface area contributed by atoms with Crippen molar-refractivity contribution in [1.29, 1.82) is 0 Å². The molecule has 1 saturated heterocycles. The van der Waals surface area contributed by atoms with Crippen LogP contribution in [0.5, 0.6) is 0 Å². The second-order valence-corrected chi connectivity index (χ2v) is 10.6. The van der Waals surface area contributed by atoms with Gasteiger partial charge >= 0.3 is 0 Å². The van der Waals surface area contributed by atoms with Gasteiger partial charge in [0.25, 0.3) is 0 Å². The van der Waals surface area contributed by atoms with Gasteiger partial charge in [0.1, 0.15) is 11.6 Å². The van der Waals surface area contributed by atoms with Gasteiger partial charge in [-0.25, -0.2) is 13.8 Å². The summed E-state index contributed by atoms with van der Waals surface area (Å²) in [4.78, 5) is 14.0. The molecule has 0 saturated carbocycles. The number of pyridine rings is 2. The minimum absolute atomic E-state index is 0.266. The Morgan fingerprint density at radius 2 is 1.76 bits per heavy atom. The van der Waals surface area contributed by atoms with E-state index in [-0.39, 0.29) is 5.41 Å². The number of aromatic nitrogens is 2. The van der Waals surface area contributed by atoms with Crippen LogP contribution >= 0.6 is 0 Å². The molecule has 6 rings (SSSR count). The summed E-state index contributed by atoms with van der Waals surface area (Å²) in [5.41, 5.74) is 6.17. The molecule has 7 heteroatoms. The van der Waals surface area contributed by atoms with Crippen LogP contribution in [0.15, 0.2) is 54.7 Å². The van der Waals surface area contributed by atoms with E-state index in [4.69, 9.17) is 14.7 Å². The Bertz CT molecular complexity index is 1550. The molecular weight excluding hydrogens is 482 g/mol. The summed E-state index contributed by atoms with van der Waals surface area (Å²) in [6, 6.07) is 14.3. The zero-order chi connectivity index (χ0) is 26.4. The molecule has 0 bridgehead atoms. The molecule has 0 radical (unpaired) electrons. The van der Waals surface area contributed by atoms with Crippen molar-refractivity contribution in [3.05, 3.63) is 88.9 Å². The van der Waals surface area contributed by atoms with Gasteiger partial charge < -0.3 is 14.5 Å². The number of halogens is 2. The number of anilines is 3. The van der Waals surface area contributed by atoms with Crippen LogP contribution < -0.4 is 9.80 Å². The molecular formula is C31H30F2N4O. The van der Waals surface area contributed by atoms with E-state index >= 15 is 4.39 Å². The number of nitrogens with zero attached hydrogens (tertiary/aromatic N) is 4. The standard InChI is InChI=1S/C31H30F2N4O/c1-20-25(10-9-21-7-5-4-6-8-21)35-26-16-22(32)15-24(33)28(26)29(20)37-19-31(2,3)30-27(37)17-23(18-34-30)36-11-13-38-14-12-36/h4-10,15-18H,11-14,19H2,1-3H3/b10-9+. The Morgan fingerprint density at radius 1 is 1.00 bits per heavy atom. The fourth-order valence-corrected chi connectivity index (χ4v) is 5.56. The van der Waals surface area contributed by atoms with Gasteiger partial charge in [0.2, 0.25) is 0 Å². The van der Waals surface area contributed by atoms with Gasteiger partial charge in [0.05, 0.1) is 58.8 Å². The van der Waals surface area contributed by atoms with E-state index in [2.05, 4.69) is 29.7 Å². The summed E-state index contributed by atoms with van der Waals surface area (Å²) >= 11 is 0. The molecule has 0 spiro atoms. The molecule has 0 unspecified atom stereocenters. The molecule has 5 nitrogen and oxygen atoms in total. The largest absolute Gasteiger partial charge is 0.378 e. The van der Waals surface area contributed by atoms with Crippen molar-refractivity contribution in [2.24, 2.45) is 0 Å². The van der Waals surface area contributed by atoms with Crippen LogP contribution in [0.4, 0.5) is 25.8 Å². The molecule has 4 heterocycles. The fraction of sp³-hybridized carbons (Fsp3) is 0.290. The second-order valence-electron chi connectivity index (χ2n) is 10.6. The average Bonchev–Trinajstić information content (AvgIpc) is 3.18. The van der Waals surface area contributed by atoms with Gasteiger partial charge in [-0.15, -0.1) is 0 Å². The zero-order valence-electron chi connectivity index (χ0n) is 21.8. The summed E-state index contributed by atoms with van der Waals surface area (Å²) in [7, 11) is 0. The van der Waals surface area contributed by atoms with E-state index in [0.29, 0.717) is 42.0 Å². The fourth-order valence-electron chi connectivity index (χ4n) is 5.56. The number of benzene rings is 2. The summed E-state index contributed by atoms with van der Waals surface area (Å²) in [5.74, 6) is -1.26. The Labute approximate surface area is 221 Å². The van der Waals surface area contributed by atoms with E-state index in [1.54, 1.807) is 0 Å². The average molecular weight is 513 g/mol. The Balaban J connectivity index is 1.55. The molecule has 0 aliphatic carbocycles. The van der Waals surface area contributed by atoms with Crippen LogP contribution in [0.25, 0.3) is 23.1 Å². The highest BCUT2D eigenvalue weighted by Gasteiger charge is 2.39. The van der Waals surface area contributed by atoms with Crippen LogP contribution in [0.3, 0.4) is 0 Å². The Morgan fingerprint density at radius 3 is 2.53 bits per heavy atom. The molecule has 0 atom stereocenters. The third-order valence-electron chi connectivity index (χ3n) is 7.47. The molecule has 38 heavy (non-hydrogen) atoms. The molecule has 194 valence electrons. The van der Waals surface area contributed by atoms with Gasteiger partial charge in [-0.3, -0.25) is 4.98 Å². The molecule has 0 N–H and O–H groups in total. The van der Waals surface area contributed by atoms with Crippen LogP contribution in [0.2, 0.25) is 0 Å². The molecule has 4 aromatic rings. The van der Waals surface area contributed by atoms with Crippen molar-refractivity contribution in [2.45, 2.75) is 26.2 Å². The van der Waals surface area contributed by atoms with Crippen molar-refractivity contribution in [3.63, 3.8) is 0 Å². The first-order valence-electron chi connectivity index (χ1n) is 12.9. The van der Waals surface area contributed by atoms with Gasteiger partial charge in [-0.05, 0) is 30.2 Å². The topological polar surface area (TPSA) is 41.5 Å². The summed E-state index contributed by atoms with van der Waals surface area (Å²) in [6.07, 6.45) is 5.82. The Kier molecular flexibility index (Phi) is 6.11. The smallest absolute Gasteiger partial charge is 0.137 e. The molecule has 2 aromatic carbocycles. The van der Waals surface area contributed by atoms with Crippen molar-refractivity contribution in [2.75, 3.05) is 42.6 Å². The number of rotatable bonds is 4. The van der Waals surface area contributed by atoms with Crippen molar-refractivity contribution < 1.29 is 13.5 Å². The van der Waals surface area contributed by atoms with Gasteiger partial charge in [-0.1, -0.05) is 50.3 Å². The first kappa shape index (κ1) is 24.5. The van der Waals surface area contributed by atoms with E-state index in [9.17, 15) is 4.39 Å². The third-order valence-corrected chi connectivity index (χ3v) is 7.47. The maximum absolute atomic E-state index is 15.5. The van der Waals surface area contributed by atoms with Crippen LogP contribution in [0.1, 0.15) is 36.4 Å². The molecule has 2 aliphatic heterocycles. The number of hydrogen-bond acceptors (Lipinski definition) is 5. The predicted molar refractivity (Wildman–Crippen MR) is 149 cm³/mol. The minimum atomic E-state index is -0.645. The number of ether oxygens (including phenoxy) is 1. The van der Waals surface area contributed by atoms with Crippen molar-refractivity contribution in [3.8, 4) is 0 Å². The van der Waals surface area contributed by atoms with Crippen molar-refractivity contribution in [1.82, 2.24) is 9.97 Å². The maximum atomic E-state index is 15.5. The van der Waals surface area contributed by atoms with Gasteiger partial charge in [0.15, 0.2) is 0 Å². The molecule has 0 amide bonds. The lowest BCUT2D eigenvalue weighted by Gasteiger charge is -2.30. The summed E-state index contributed by atoms with van der Waals surface area (Å²) < 4.78 is 35.4. The normalized spacial score (nSPS) is 17.0. The summed E-state index contributed by atoms with van der Waals surface area (Å²) in [5, 5.41) is 0.321.